The molecule has 0 radical (unpaired) electrons. The van der Waals surface area contributed by atoms with Gasteiger partial charge in [0.05, 0.1) is 13.2 Å². The number of aryl methyl sites for hydroxylation is 2. The summed E-state index contributed by atoms with van der Waals surface area (Å²) in [6.07, 6.45) is 9.01. The first-order valence-corrected chi connectivity index (χ1v) is 9.17. The molecular weight excluding hydrogens is 291 g/mol. The van der Waals surface area contributed by atoms with Gasteiger partial charge in [-0.1, -0.05) is 38.3 Å². The van der Waals surface area contributed by atoms with E-state index in [-0.39, 0.29) is 12.1 Å². The maximum Gasteiger partial charge on any atom is 0.157 e. The van der Waals surface area contributed by atoms with Crippen LogP contribution in [0.25, 0.3) is 0 Å². The molecule has 130 valence electrons. The number of halogens is 1. The second-order valence-electron chi connectivity index (χ2n) is 6.79. The highest BCUT2D eigenvalue weighted by atomic mass is 19.1. The molecular formula is C20H31FO2. The van der Waals surface area contributed by atoms with Crippen LogP contribution in [-0.4, -0.2) is 19.5 Å². The van der Waals surface area contributed by atoms with Crippen molar-refractivity contribution in [1.29, 1.82) is 0 Å². The van der Waals surface area contributed by atoms with E-state index in [0.29, 0.717) is 11.5 Å². The molecule has 1 aliphatic rings. The fourth-order valence-electron chi connectivity index (χ4n) is 3.03. The molecule has 0 unspecified atom stereocenters. The third-order valence-electron chi connectivity index (χ3n) is 4.64. The molecule has 1 aliphatic heterocycles. The molecule has 1 heterocycles. The highest BCUT2D eigenvalue weighted by Crippen LogP contribution is 2.21. The zero-order chi connectivity index (χ0) is 16.5. The second-order valence-corrected chi connectivity index (χ2v) is 6.79. The van der Waals surface area contributed by atoms with Gasteiger partial charge in [-0.2, -0.15) is 0 Å². The van der Waals surface area contributed by atoms with E-state index in [9.17, 15) is 4.39 Å². The topological polar surface area (TPSA) is 18.5 Å². The molecule has 1 fully saturated rings. The Labute approximate surface area is 140 Å². The van der Waals surface area contributed by atoms with Crippen LogP contribution in [-0.2, 0) is 15.9 Å². The fraction of sp³-hybridized carbons (Fsp3) is 0.700. The van der Waals surface area contributed by atoms with Crippen LogP contribution in [0.5, 0.6) is 0 Å². The van der Waals surface area contributed by atoms with E-state index in [2.05, 4.69) is 6.92 Å². The lowest BCUT2D eigenvalue weighted by atomic mass is 10.0. The normalized spacial score (nSPS) is 21.5. The molecule has 1 aromatic carbocycles. The Morgan fingerprint density at radius 3 is 2.48 bits per heavy atom. The zero-order valence-corrected chi connectivity index (χ0v) is 14.7. The van der Waals surface area contributed by atoms with Crippen molar-refractivity contribution in [2.75, 3.05) is 13.2 Å². The first-order chi connectivity index (χ1) is 11.2. The highest BCUT2D eigenvalue weighted by Gasteiger charge is 2.21. The Hall–Kier alpha value is -0.930. The number of ether oxygens (including phenoxy) is 2. The first kappa shape index (κ1) is 18.4. The standard InChI is InChI=1S/C20H31FO2/c1-3-4-5-9-18-14-22-20(23-15-18)10-7-6-8-17-12-11-16(2)19(21)13-17/h11-13,18,20H,3-10,14-15H2,1-2H3. The van der Waals surface area contributed by atoms with Crippen LogP contribution in [0.4, 0.5) is 4.39 Å². The van der Waals surface area contributed by atoms with E-state index in [1.54, 1.807) is 13.0 Å². The van der Waals surface area contributed by atoms with Crippen molar-refractivity contribution in [3.8, 4) is 0 Å². The summed E-state index contributed by atoms with van der Waals surface area (Å²) < 4.78 is 25.1. The molecule has 0 N–H and O–H groups in total. The third-order valence-corrected chi connectivity index (χ3v) is 4.64. The number of rotatable bonds is 9. The summed E-state index contributed by atoms with van der Waals surface area (Å²) in [5, 5.41) is 0. The maximum absolute atomic E-state index is 13.5. The van der Waals surface area contributed by atoms with Gasteiger partial charge in [0.2, 0.25) is 0 Å². The van der Waals surface area contributed by atoms with Gasteiger partial charge in [0.25, 0.3) is 0 Å². The lowest BCUT2D eigenvalue weighted by Crippen LogP contribution is -2.32. The number of benzene rings is 1. The predicted molar refractivity (Wildman–Crippen MR) is 92.0 cm³/mol. The van der Waals surface area contributed by atoms with Crippen molar-refractivity contribution in [1.82, 2.24) is 0 Å². The molecule has 23 heavy (non-hydrogen) atoms. The van der Waals surface area contributed by atoms with Crippen LogP contribution in [0.3, 0.4) is 0 Å². The molecule has 3 heteroatoms. The molecule has 2 nitrogen and oxygen atoms in total. The van der Waals surface area contributed by atoms with Crippen molar-refractivity contribution >= 4 is 0 Å². The average Bonchev–Trinajstić information content (AvgIpc) is 2.56. The van der Waals surface area contributed by atoms with E-state index >= 15 is 0 Å². The average molecular weight is 322 g/mol. The summed E-state index contributed by atoms with van der Waals surface area (Å²) in [7, 11) is 0. The highest BCUT2D eigenvalue weighted by molar-refractivity contribution is 5.23. The molecule has 0 spiro atoms. The summed E-state index contributed by atoms with van der Waals surface area (Å²) in [5.74, 6) is 0.476. The van der Waals surface area contributed by atoms with Crippen LogP contribution in [0, 0.1) is 18.7 Å². The number of unbranched alkanes of at least 4 members (excludes halogenated alkanes) is 3. The summed E-state index contributed by atoms with van der Waals surface area (Å²) in [6, 6.07) is 5.54. The number of hydrogen-bond acceptors (Lipinski definition) is 2. The van der Waals surface area contributed by atoms with E-state index in [0.717, 1.165) is 44.5 Å². The summed E-state index contributed by atoms with van der Waals surface area (Å²) >= 11 is 0. The van der Waals surface area contributed by atoms with E-state index in [4.69, 9.17) is 9.47 Å². The summed E-state index contributed by atoms with van der Waals surface area (Å²) in [4.78, 5) is 0. The summed E-state index contributed by atoms with van der Waals surface area (Å²) in [5.41, 5.74) is 1.79. The molecule has 0 saturated carbocycles. The van der Waals surface area contributed by atoms with Crippen molar-refractivity contribution < 1.29 is 13.9 Å². The van der Waals surface area contributed by atoms with E-state index < -0.39 is 0 Å². The lowest BCUT2D eigenvalue weighted by molar-refractivity contribution is -0.204. The smallest absolute Gasteiger partial charge is 0.157 e. The van der Waals surface area contributed by atoms with Gasteiger partial charge in [0.1, 0.15) is 5.82 Å². The van der Waals surface area contributed by atoms with E-state index in [1.807, 2.05) is 12.1 Å². The minimum absolute atomic E-state index is 0.0350. The molecule has 0 bridgehead atoms. The molecule has 1 aromatic rings. The van der Waals surface area contributed by atoms with Gasteiger partial charge in [-0.3, -0.25) is 0 Å². The molecule has 0 amide bonds. The third kappa shape index (κ3) is 6.60. The maximum atomic E-state index is 13.5. The molecule has 0 aliphatic carbocycles. The van der Waals surface area contributed by atoms with Crippen LogP contribution < -0.4 is 0 Å². The fourth-order valence-corrected chi connectivity index (χ4v) is 3.03. The number of hydrogen-bond donors (Lipinski definition) is 0. The van der Waals surface area contributed by atoms with Gasteiger partial charge in [-0.15, -0.1) is 0 Å². The summed E-state index contributed by atoms with van der Waals surface area (Å²) in [6.45, 7) is 5.72. The van der Waals surface area contributed by atoms with E-state index in [1.165, 1.54) is 25.7 Å². The van der Waals surface area contributed by atoms with Crippen molar-refractivity contribution in [3.63, 3.8) is 0 Å². The van der Waals surface area contributed by atoms with Crippen LogP contribution in [0.1, 0.15) is 63.0 Å². The van der Waals surface area contributed by atoms with Gasteiger partial charge < -0.3 is 9.47 Å². The zero-order valence-electron chi connectivity index (χ0n) is 14.7. The Morgan fingerprint density at radius 1 is 1.04 bits per heavy atom. The molecule has 2 rings (SSSR count). The Kier molecular flexibility index (Phi) is 8.04. The Balaban J connectivity index is 1.56. The predicted octanol–water partition coefficient (Wildman–Crippen LogP) is 5.42. The minimum Gasteiger partial charge on any atom is -0.352 e. The van der Waals surface area contributed by atoms with Crippen LogP contribution in [0.15, 0.2) is 18.2 Å². The lowest BCUT2D eigenvalue weighted by Gasteiger charge is -2.29. The van der Waals surface area contributed by atoms with Crippen molar-refractivity contribution in [2.45, 2.75) is 71.5 Å². The van der Waals surface area contributed by atoms with Crippen molar-refractivity contribution in [3.05, 3.63) is 35.1 Å². The molecule has 0 aromatic heterocycles. The Morgan fingerprint density at radius 2 is 1.78 bits per heavy atom. The first-order valence-electron chi connectivity index (χ1n) is 9.17. The van der Waals surface area contributed by atoms with Gasteiger partial charge in [-0.05, 0) is 56.2 Å². The largest absolute Gasteiger partial charge is 0.352 e. The van der Waals surface area contributed by atoms with Crippen molar-refractivity contribution in [2.24, 2.45) is 5.92 Å². The molecule has 0 atom stereocenters. The van der Waals surface area contributed by atoms with Gasteiger partial charge in [0.15, 0.2) is 6.29 Å². The van der Waals surface area contributed by atoms with Gasteiger partial charge in [0, 0.05) is 5.92 Å². The van der Waals surface area contributed by atoms with Gasteiger partial charge in [-0.25, -0.2) is 4.39 Å². The van der Waals surface area contributed by atoms with Crippen LogP contribution in [0.2, 0.25) is 0 Å². The monoisotopic (exact) mass is 322 g/mol. The SMILES string of the molecule is CCCCCC1COC(CCCCc2ccc(C)c(F)c2)OC1. The molecule has 1 saturated heterocycles. The van der Waals surface area contributed by atoms with Gasteiger partial charge >= 0.3 is 0 Å². The Bertz CT molecular complexity index is 453. The van der Waals surface area contributed by atoms with Crippen LogP contribution >= 0.6 is 0 Å². The minimum atomic E-state index is -0.101. The quantitative estimate of drug-likeness (QED) is 0.565. The second kappa shape index (κ2) is 10.0.